The van der Waals surface area contributed by atoms with E-state index < -0.39 is 11.8 Å². The van der Waals surface area contributed by atoms with E-state index in [1.807, 2.05) is 0 Å². The van der Waals surface area contributed by atoms with Crippen LogP contribution in [-0.4, -0.2) is 15.9 Å². The lowest BCUT2D eigenvalue weighted by Crippen LogP contribution is -2.06. The largest absolute Gasteiger partial charge is 0.519 e. The smallest absolute Gasteiger partial charge is 0.453 e. The van der Waals surface area contributed by atoms with E-state index in [4.69, 9.17) is 4.74 Å². The molecule has 17 heavy (non-hydrogen) atoms. The first-order chi connectivity index (χ1) is 8.06. The van der Waals surface area contributed by atoms with E-state index >= 15 is 0 Å². The highest BCUT2D eigenvalue weighted by Gasteiger charge is 2.14. The Morgan fingerprint density at radius 2 is 2.24 bits per heavy atom. The Hall–Kier alpha value is -2.31. The van der Waals surface area contributed by atoms with E-state index in [0.29, 0.717) is 11.6 Å². The van der Waals surface area contributed by atoms with Gasteiger partial charge in [-0.3, -0.25) is 0 Å². The molecule has 0 aliphatic rings. The number of nitrogens with zero attached hydrogens (tertiary/aromatic N) is 1. The van der Waals surface area contributed by atoms with Crippen LogP contribution in [0.3, 0.4) is 0 Å². The number of carbonyl (C=O) groups excluding carboxylic acids is 1. The molecule has 1 N–H and O–H groups in total. The molecular formula is C10H10N2O5. The van der Waals surface area contributed by atoms with Crippen molar-refractivity contribution in [1.82, 2.24) is 9.97 Å². The third kappa shape index (κ3) is 2.44. The van der Waals surface area contributed by atoms with Crippen molar-refractivity contribution in [1.29, 1.82) is 0 Å². The maximum atomic E-state index is 11.5. The molecule has 90 valence electrons. The Labute approximate surface area is 95.4 Å². The maximum Gasteiger partial charge on any atom is 0.519 e. The molecule has 0 atom stereocenters. The zero-order valence-electron chi connectivity index (χ0n) is 9.27. The van der Waals surface area contributed by atoms with E-state index in [0.717, 1.165) is 0 Å². The van der Waals surface area contributed by atoms with Crippen LogP contribution in [0.25, 0.3) is 0 Å². The van der Waals surface area contributed by atoms with Crippen molar-refractivity contribution in [2.45, 2.75) is 20.5 Å². The Kier molecular flexibility index (Phi) is 2.82. The predicted octanol–water partition coefficient (Wildman–Crippen LogP) is 0.930. The minimum Gasteiger partial charge on any atom is -0.453 e. The number of aromatic amines is 1. The number of carbonyl (C=O) groups is 1. The first-order valence-electron chi connectivity index (χ1n) is 4.84. The first-order valence-corrected chi connectivity index (χ1v) is 4.84. The van der Waals surface area contributed by atoms with Crippen molar-refractivity contribution >= 4 is 5.97 Å². The van der Waals surface area contributed by atoms with Crippen molar-refractivity contribution in [3.8, 4) is 0 Å². The van der Waals surface area contributed by atoms with Gasteiger partial charge in [-0.1, -0.05) is 0 Å². The number of hydrogen-bond donors (Lipinski definition) is 1. The van der Waals surface area contributed by atoms with Gasteiger partial charge in [-0.15, -0.1) is 0 Å². The highest BCUT2D eigenvalue weighted by atomic mass is 16.6. The molecule has 2 aromatic heterocycles. The van der Waals surface area contributed by atoms with Crippen molar-refractivity contribution in [3.63, 3.8) is 0 Å². The van der Waals surface area contributed by atoms with E-state index in [1.165, 1.54) is 6.20 Å². The standard InChI is InChI=1S/C10H10N2O5/c1-5-8(17-10(14)16-5)4-15-9(13)7-3-11-6(2)12-7/h3H,4H2,1-2H3,(H,11,12). The van der Waals surface area contributed by atoms with Gasteiger partial charge in [0.2, 0.25) is 0 Å². The highest BCUT2D eigenvalue weighted by Crippen LogP contribution is 2.08. The molecule has 0 saturated heterocycles. The number of nitrogens with one attached hydrogen (secondary N) is 1. The predicted molar refractivity (Wildman–Crippen MR) is 54.4 cm³/mol. The Morgan fingerprint density at radius 3 is 2.76 bits per heavy atom. The average Bonchev–Trinajstić information content (AvgIpc) is 2.82. The summed E-state index contributed by atoms with van der Waals surface area (Å²) in [5, 5.41) is 0. The molecule has 0 radical (unpaired) electrons. The number of aromatic nitrogens is 2. The summed E-state index contributed by atoms with van der Waals surface area (Å²) in [6, 6.07) is 0. The van der Waals surface area contributed by atoms with Gasteiger partial charge in [-0.05, 0) is 13.8 Å². The summed E-state index contributed by atoms with van der Waals surface area (Å²) in [5.74, 6) is -0.286. The van der Waals surface area contributed by atoms with Crippen LogP contribution in [0.2, 0.25) is 0 Å². The number of aryl methyl sites for hydroxylation is 2. The summed E-state index contributed by atoms with van der Waals surface area (Å²) in [5.41, 5.74) is 0.242. The topological polar surface area (TPSA) is 98.3 Å². The Balaban J connectivity index is 2.01. The van der Waals surface area contributed by atoms with Crippen molar-refractivity contribution in [2.24, 2.45) is 0 Å². The number of ether oxygens (including phenoxy) is 1. The minimum absolute atomic E-state index is 0.158. The summed E-state index contributed by atoms with van der Waals surface area (Å²) in [7, 11) is 0. The normalized spacial score (nSPS) is 10.5. The van der Waals surface area contributed by atoms with Crippen molar-refractivity contribution < 1.29 is 18.4 Å². The van der Waals surface area contributed by atoms with E-state index in [2.05, 4.69) is 18.8 Å². The molecule has 0 aliphatic heterocycles. The molecule has 2 heterocycles. The van der Waals surface area contributed by atoms with Gasteiger partial charge < -0.3 is 18.6 Å². The highest BCUT2D eigenvalue weighted by molar-refractivity contribution is 5.86. The number of hydrogen-bond acceptors (Lipinski definition) is 6. The quantitative estimate of drug-likeness (QED) is 0.798. The fourth-order valence-electron chi connectivity index (χ4n) is 1.24. The van der Waals surface area contributed by atoms with Crippen LogP contribution in [0.4, 0.5) is 0 Å². The summed E-state index contributed by atoms with van der Waals surface area (Å²) >= 11 is 0. The molecule has 0 aromatic carbocycles. The lowest BCUT2D eigenvalue weighted by atomic mass is 10.4. The summed E-state index contributed by atoms with van der Waals surface area (Å²) < 4.78 is 14.2. The van der Waals surface area contributed by atoms with E-state index in [-0.39, 0.29) is 18.1 Å². The van der Waals surface area contributed by atoms with E-state index in [9.17, 15) is 9.59 Å². The lowest BCUT2D eigenvalue weighted by Gasteiger charge is -1.99. The van der Waals surface area contributed by atoms with Crippen LogP contribution >= 0.6 is 0 Å². The van der Waals surface area contributed by atoms with Gasteiger partial charge in [0.1, 0.15) is 11.5 Å². The SMILES string of the molecule is Cc1ncc(C(=O)OCc2oc(=O)oc2C)[nH]1. The molecule has 0 aliphatic carbocycles. The second kappa shape index (κ2) is 4.28. The molecule has 0 bridgehead atoms. The van der Waals surface area contributed by atoms with Crippen LogP contribution in [0.5, 0.6) is 0 Å². The molecular weight excluding hydrogens is 228 g/mol. The number of imidazole rings is 1. The fourth-order valence-corrected chi connectivity index (χ4v) is 1.24. The molecule has 0 fully saturated rings. The third-order valence-electron chi connectivity index (χ3n) is 2.09. The second-order valence-electron chi connectivity index (χ2n) is 3.39. The zero-order valence-corrected chi connectivity index (χ0v) is 9.27. The van der Waals surface area contributed by atoms with Gasteiger partial charge in [0.25, 0.3) is 0 Å². The molecule has 2 aromatic rings. The summed E-state index contributed by atoms with van der Waals surface area (Å²) in [6.07, 6.45) is 1.37. The third-order valence-corrected chi connectivity index (χ3v) is 2.09. The summed E-state index contributed by atoms with van der Waals surface area (Å²) in [4.78, 5) is 28.8. The van der Waals surface area contributed by atoms with Crippen molar-refractivity contribution in [3.05, 3.63) is 39.9 Å². The van der Waals surface area contributed by atoms with Gasteiger partial charge in [-0.25, -0.2) is 14.6 Å². The minimum atomic E-state index is -0.814. The van der Waals surface area contributed by atoms with Crippen molar-refractivity contribution in [2.75, 3.05) is 0 Å². The van der Waals surface area contributed by atoms with Crippen LogP contribution < -0.4 is 5.82 Å². The molecule has 0 saturated carbocycles. The molecule has 7 heteroatoms. The van der Waals surface area contributed by atoms with Gasteiger partial charge >= 0.3 is 11.8 Å². The molecule has 0 amide bonds. The van der Waals surface area contributed by atoms with Crippen LogP contribution in [0.1, 0.15) is 27.8 Å². The Morgan fingerprint density at radius 1 is 1.47 bits per heavy atom. The van der Waals surface area contributed by atoms with Crippen LogP contribution in [0, 0.1) is 13.8 Å². The molecule has 7 nitrogen and oxygen atoms in total. The molecule has 2 rings (SSSR count). The van der Waals surface area contributed by atoms with Gasteiger partial charge in [0.15, 0.2) is 18.1 Å². The lowest BCUT2D eigenvalue weighted by molar-refractivity contribution is 0.0436. The van der Waals surface area contributed by atoms with E-state index in [1.54, 1.807) is 13.8 Å². The van der Waals surface area contributed by atoms with Gasteiger partial charge in [-0.2, -0.15) is 0 Å². The zero-order chi connectivity index (χ0) is 12.4. The average molecular weight is 238 g/mol. The monoisotopic (exact) mass is 238 g/mol. The first kappa shape index (κ1) is 11.2. The maximum absolute atomic E-state index is 11.5. The van der Waals surface area contributed by atoms with Gasteiger partial charge in [0, 0.05) is 0 Å². The summed E-state index contributed by atoms with van der Waals surface area (Å²) in [6.45, 7) is 3.11. The fraction of sp³-hybridized carbons (Fsp3) is 0.300. The molecule has 0 spiro atoms. The number of esters is 1. The Bertz CT molecular complexity index is 592. The van der Waals surface area contributed by atoms with Crippen LogP contribution in [0.15, 0.2) is 19.8 Å². The number of H-pyrrole nitrogens is 1. The van der Waals surface area contributed by atoms with Gasteiger partial charge in [0.05, 0.1) is 6.20 Å². The second-order valence-corrected chi connectivity index (χ2v) is 3.39. The van der Waals surface area contributed by atoms with Crippen LogP contribution in [-0.2, 0) is 11.3 Å². The molecule has 0 unspecified atom stereocenters. The number of rotatable bonds is 3.